The third-order valence-corrected chi connectivity index (χ3v) is 6.42. The van der Waals surface area contributed by atoms with Gasteiger partial charge in [0.25, 0.3) is 0 Å². The summed E-state index contributed by atoms with van der Waals surface area (Å²) in [6.07, 6.45) is 4.90. The first kappa shape index (κ1) is 21.6. The number of carbonyl (C=O) groups is 1. The minimum atomic E-state index is -1.00. The fourth-order valence-electron chi connectivity index (χ4n) is 4.83. The molecule has 0 fully saturated rings. The number of aromatic nitrogens is 5. The minimum Gasteiger partial charge on any atom is -0.481 e. The van der Waals surface area contributed by atoms with Gasteiger partial charge in [0.05, 0.1) is 24.0 Å². The van der Waals surface area contributed by atoms with Crippen LogP contribution >= 0.6 is 0 Å². The van der Waals surface area contributed by atoms with E-state index in [1.54, 1.807) is 29.1 Å². The number of pyridine rings is 2. The van der Waals surface area contributed by atoms with E-state index in [4.69, 9.17) is 0 Å². The monoisotopic (exact) mass is 455 g/mol. The number of aryl methyl sites for hydroxylation is 2. The first-order chi connectivity index (χ1) is 16.4. The molecule has 2 N–H and O–H groups in total. The van der Waals surface area contributed by atoms with Crippen molar-refractivity contribution in [1.82, 2.24) is 24.1 Å². The van der Waals surface area contributed by atoms with Crippen molar-refractivity contribution in [2.45, 2.75) is 39.3 Å². The predicted octanol–water partition coefficient (Wildman–Crippen LogP) is 4.36. The first-order valence-corrected chi connectivity index (χ1v) is 11.1. The normalized spacial score (nSPS) is 13.4. The number of carboxylic acids is 1. The zero-order chi connectivity index (χ0) is 24.0. The second kappa shape index (κ2) is 8.30. The molecule has 4 aromatic heterocycles. The standard InChI is InChI=1S/C26H25N5O3/c1-15-6-4-8-20-24(15)19(14-28-20)17(3)30-21-10-9-16(2)29-25(21)31(26(30)34)22(12-23(32)33)18-7-5-11-27-13-18/h4-11,13-14,17,22,28H,12H2,1-3H3,(H,32,33)/t17?,22-/m1/s1. The fourth-order valence-corrected chi connectivity index (χ4v) is 4.83. The number of hydrogen-bond donors (Lipinski definition) is 2. The maximum Gasteiger partial charge on any atom is 0.331 e. The van der Waals surface area contributed by atoms with Crippen LogP contribution in [0.4, 0.5) is 0 Å². The molecule has 4 heterocycles. The number of nitrogens with one attached hydrogen (secondary N) is 1. The van der Waals surface area contributed by atoms with Gasteiger partial charge in [-0.05, 0) is 56.2 Å². The summed E-state index contributed by atoms with van der Waals surface area (Å²) in [4.78, 5) is 38.0. The number of benzene rings is 1. The van der Waals surface area contributed by atoms with E-state index in [1.165, 1.54) is 4.57 Å². The summed E-state index contributed by atoms with van der Waals surface area (Å²) in [7, 11) is 0. The predicted molar refractivity (Wildman–Crippen MR) is 130 cm³/mol. The number of hydrogen-bond acceptors (Lipinski definition) is 4. The van der Waals surface area contributed by atoms with Gasteiger partial charge in [0.15, 0.2) is 5.65 Å². The van der Waals surface area contributed by atoms with Gasteiger partial charge in [0.2, 0.25) is 0 Å². The molecule has 0 bridgehead atoms. The number of aromatic amines is 1. The number of carboxylic acid groups (broad SMARTS) is 1. The molecule has 5 aromatic rings. The van der Waals surface area contributed by atoms with Crippen LogP contribution in [0.15, 0.2) is 65.8 Å². The largest absolute Gasteiger partial charge is 0.481 e. The summed E-state index contributed by atoms with van der Waals surface area (Å²) in [5, 5.41) is 10.8. The summed E-state index contributed by atoms with van der Waals surface area (Å²) in [6, 6.07) is 12.3. The van der Waals surface area contributed by atoms with Gasteiger partial charge in [-0.15, -0.1) is 0 Å². The van der Waals surface area contributed by atoms with Crippen LogP contribution in [-0.4, -0.2) is 35.2 Å². The van der Waals surface area contributed by atoms with Crippen LogP contribution in [-0.2, 0) is 4.79 Å². The van der Waals surface area contributed by atoms with Crippen LogP contribution in [0, 0.1) is 13.8 Å². The molecule has 2 atom stereocenters. The fraction of sp³-hybridized carbons (Fsp3) is 0.231. The van der Waals surface area contributed by atoms with Crippen LogP contribution in [0.5, 0.6) is 0 Å². The Morgan fingerprint density at radius 3 is 2.68 bits per heavy atom. The molecule has 0 spiro atoms. The molecule has 0 saturated carbocycles. The van der Waals surface area contributed by atoms with Crippen molar-refractivity contribution in [2.75, 3.05) is 0 Å². The lowest BCUT2D eigenvalue weighted by Gasteiger charge is -2.17. The van der Waals surface area contributed by atoms with Crippen LogP contribution < -0.4 is 5.69 Å². The van der Waals surface area contributed by atoms with Gasteiger partial charge in [-0.25, -0.2) is 9.78 Å². The van der Waals surface area contributed by atoms with Crippen LogP contribution in [0.25, 0.3) is 22.1 Å². The molecule has 8 nitrogen and oxygen atoms in total. The lowest BCUT2D eigenvalue weighted by atomic mass is 10.0. The molecule has 0 radical (unpaired) electrons. The Bertz CT molecular complexity index is 1580. The zero-order valence-corrected chi connectivity index (χ0v) is 19.2. The average molecular weight is 456 g/mol. The topological polar surface area (TPSA) is 106 Å². The summed E-state index contributed by atoms with van der Waals surface area (Å²) >= 11 is 0. The maximum absolute atomic E-state index is 14.0. The van der Waals surface area contributed by atoms with Crippen molar-refractivity contribution < 1.29 is 9.90 Å². The van der Waals surface area contributed by atoms with E-state index in [9.17, 15) is 14.7 Å². The molecule has 0 aliphatic rings. The van der Waals surface area contributed by atoms with Crippen LogP contribution in [0.2, 0.25) is 0 Å². The van der Waals surface area contributed by atoms with E-state index >= 15 is 0 Å². The highest BCUT2D eigenvalue weighted by atomic mass is 16.4. The number of nitrogens with zero attached hydrogens (tertiary/aromatic N) is 4. The molecule has 8 heteroatoms. The summed E-state index contributed by atoms with van der Waals surface area (Å²) in [6.45, 7) is 5.89. The molecule has 0 aliphatic heterocycles. The van der Waals surface area contributed by atoms with Crippen LogP contribution in [0.1, 0.15) is 47.8 Å². The molecule has 0 saturated heterocycles. The average Bonchev–Trinajstić information content (AvgIpc) is 3.37. The quantitative estimate of drug-likeness (QED) is 0.396. The van der Waals surface area contributed by atoms with Crippen molar-refractivity contribution >= 4 is 28.0 Å². The summed E-state index contributed by atoms with van der Waals surface area (Å²) in [5.41, 5.74) is 5.31. The van der Waals surface area contributed by atoms with E-state index in [-0.39, 0.29) is 18.2 Å². The Kier molecular flexibility index (Phi) is 5.28. The van der Waals surface area contributed by atoms with Gasteiger partial charge in [0.1, 0.15) is 0 Å². The summed E-state index contributed by atoms with van der Waals surface area (Å²) < 4.78 is 3.22. The first-order valence-electron chi connectivity index (χ1n) is 11.1. The molecular weight excluding hydrogens is 430 g/mol. The van der Waals surface area contributed by atoms with Gasteiger partial charge in [-0.3, -0.25) is 18.9 Å². The minimum absolute atomic E-state index is 0.263. The highest BCUT2D eigenvalue weighted by Gasteiger charge is 2.28. The third kappa shape index (κ3) is 3.48. The molecule has 0 aliphatic carbocycles. The summed E-state index contributed by atoms with van der Waals surface area (Å²) in [5.74, 6) is -1.00. The van der Waals surface area contributed by atoms with Gasteiger partial charge in [-0.2, -0.15) is 0 Å². The molecule has 1 unspecified atom stereocenters. The van der Waals surface area contributed by atoms with Crippen LogP contribution in [0.3, 0.4) is 0 Å². The smallest absolute Gasteiger partial charge is 0.331 e. The molecule has 34 heavy (non-hydrogen) atoms. The SMILES string of the molecule is Cc1ccc2c(n1)n([C@H](CC(=O)O)c1cccnc1)c(=O)n2C(C)c1c[nH]c2cccc(C)c12. The van der Waals surface area contributed by atoms with Crippen molar-refractivity contribution in [2.24, 2.45) is 0 Å². The zero-order valence-electron chi connectivity index (χ0n) is 19.2. The van der Waals surface area contributed by atoms with Crippen molar-refractivity contribution in [3.8, 4) is 0 Å². The maximum atomic E-state index is 14.0. The number of imidazole rings is 1. The van der Waals surface area contributed by atoms with Gasteiger partial charge < -0.3 is 10.1 Å². The van der Waals surface area contributed by atoms with E-state index in [0.717, 1.165) is 27.7 Å². The molecule has 172 valence electrons. The lowest BCUT2D eigenvalue weighted by molar-refractivity contribution is -0.137. The number of rotatable bonds is 6. The third-order valence-electron chi connectivity index (χ3n) is 6.42. The highest BCUT2D eigenvalue weighted by molar-refractivity contribution is 5.87. The lowest BCUT2D eigenvalue weighted by Crippen LogP contribution is -2.31. The highest BCUT2D eigenvalue weighted by Crippen LogP contribution is 2.32. The Labute approximate surface area is 195 Å². The van der Waals surface area contributed by atoms with Crippen molar-refractivity contribution in [1.29, 1.82) is 0 Å². The van der Waals surface area contributed by atoms with E-state index in [1.807, 2.05) is 44.3 Å². The molecule has 0 amide bonds. The number of H-pyrrole nitrogens is 1. The van der Waals surface area contributed by atoms with Gasteiger partial charge in [-0.1, -0.05) is 18.2 Å². The van der Waals surface area contributed by atoms with Gasteiger partial charge in [0, 0.05) is 40.8 Å². The Morgan fingerprint density at radius 1 is 1.12 bits per heavy atom. The molecular formula is C26H25N5O3. The second-order valence-corrected chi connectivity index (χ2v) is 8.64. The number of fused-ring (bicyclic) bond motifs is 2. The van der Waals surface area contributed by atoms with Crippen molar-refractivity contribution in [3.63, 3.8) is 0 Å². The Hall–Kier alpha value is -4.20. The van der Waals surface area contributed by atoms with Gasteiger partial charge >= 0.3 is 11.7 Å². The van der Waals surface area contributed by atoms with Crippen molar-refractivity contribution in [3.05, 3.63) is 93.9 Å². The van der Waals surface area contributed by atoms with E-state index < -0.39 is 12.0 Å². The molecule has 1 aromatic carbocycles. The second-order valence-electron chi connectivity index (χ2n) is 8.64. The Balaban J connectivity index is 1.78. The van der Waals surface area contributed by atoms with E-state index in [2.05, 4.69) is 27.9 Å². The molecule has 5 rings (SSSR count). The van der Waals surface area contributed by atoms with E-state index in [0.29, 0.717) is 16.7 Å². The number of aliphatic carboxylic acids is 1. The Morgan fingerprint density at radius 2 is 1.94 bits per heavy atom.